The number of nitrogens with zero attached hydrogens (tertiary/aromatic N) is 4. The highest BCUT2D eigenvalue weighted by atomic mass is 35.5. The average Bonchev–Trinajstić information content (AvgIpc) is 3.00. The van der Waals surface area contributed by atoms with Gasteiger partial charge >= 0.3 is 6.18 Å². The number of hydrogen-bond donors (Lipinski definition) is 0. The normalized spacial score (nSPS) is 11.6. The van der Waals surface area contributed by atoms with Gasteiger partial charge in [-0.2, -0.15) is 30.0 Å². The number of hydrogen-bond acceptors (Lipinski definition) is 4. The van der Waals surface area contributed by atoms with Gasteiger partial charge in [0.15, 0.2) is 5.15 Å². The second-order valence-electron chi connectivity index (χ2n) is 5.42. The number of carbonyl (C=O) groups excluding carboxylic acids is 1. The Morgan fingerprint density at radius 3 is 2.74 bits per heavy atom. The van der Waals surface area contributed by atoms with Gasteiger partial charge in [-0.1, -0.05) is 11.6 Å². The van der Waals surface area contributed by atoms with Crippen LogP contribution in [-0.2, 0) is 4.79 Å². The van der Waals surface area contributed by atoms with Crippen LogP contribution in [0.1, 0.15) is 12.8 Å². The number of alkyl halides is 4. The van der Waals surface area contributed by atoms with Gasteiger partial charge in [-0.15, -0.1) is 11.6 Å². The first-order chi connectivity index (χ1) is 12.8. The van der Waals surface area contributed by atoms with E-state index in [1.54, 1.807) is 30.7 Å². The van der Waals surface area contributed by atoms with Crippen molar-refractivity contribution < 1.29 is 18.0 Å². The third-order valence-corrected chi connectivity index (χ3v) is 4.88. The van der Waals surface area contributed by atoms with Crippen LogP contribution in [0.15, 0.2) is 30.7 Å². The molecule has 0 bridgehead atoms. The molecule has 2 heterocycles. The van der Waals surface area contributed by atoms with Gasteiger partial charge < -0.3 is 4.90 Å². The summed E-state index contributed by atoms with van der Waals surface area (Å²) in [4.78, 5) is 17.9. The molecule has 0 saturated carbocycles. The monoisotopic (exact) mass is 440 g/mol. The summed E-state index contributed by atoms with van der Waals surface area (Å²) >= 11 is 13.1. The molecule has 148 valence electrons. The summed E-state index contributed by atoms with van der Waals surface area (Å²) in [5, 5.41) is 4.30. The first kappa shape index (κ1) is 21.8. The summed E-state index contributed by atoms with van der Waals surface area (Å²) in [6, 6.07) is 3.52. The fourth-order valence-electron chi connectivity index (χ4n) is 2.19. The smallest absolute Gasteiger partial charge is 0.307 e. The van der Waals surface area contributed by atoms with Gasteiger partial charge in [0, 0.05) is 36.5 Å². The highest BCUT2D eigenvalue weighted by Crippen LogP contribution is 2.27. The average molecular weight is 441 g/mol. The lowest BCUT2D eigenvalue weighted by Crippen LogP contribution is -2.33. The van der Waals surface area contributed by atoms with E-state index in [2.05, 4.69) is 10.1 Å². The van der Waals surface area contributed by atoms with Gasteiger partial charge in [-0.25, -0.2) is 4.68 Å². The van der Waals surface area contributed by atoms with Gasteiger partial charge in [0.1, 0.15) is 5.69 Å². The Morgan fingerprint density at radius 2 is 2.11 bits per heavy atom. The molecular formula is C16H17Cl2F3N4OS. The highest BCUT2D eigenvalue weighted by Gasteiger charge is 2.26. The molecule has 2 rings (SSSR count). The van der Waals surface area contributed by atoms with E-state index in [9.17, 15) is 18.0 Å². The molecule has 0 spiro atoms. The van der Waals surface area contributed by atoms with Crippen LogP contribution in [0.4, 0.5) is 18.9 Å². The Morgan fingerprint density at radius 1 is 1.33 bits per heavy atom. The minimum Gasteiger partial charge on any atom is -0.307 e. The quantitative estimate of drug-likeness (QED) is 0.423. The number of thioether (sulfide) groups is 1. The van der Waals surface area contributed by atoms with Crippen molar-refractivity contribution in [2.45, 2.75) is 19.0 Å². The Kier molecular flexibility index (Phi) is 8.25. The Bertz CT molecular complexity index is 743. The lowest BCUT2D eigenvalue weighted by atomic mass is 10.3. The molecule has 0 radical (unpaired) electrons. The van der Waals surface area contributed by atoms with Gasteiger partial charge in [-0.3, -0.25) is 9.78 Å². The third kappa shape index (κ3) is 6.90. The van der Waals surface area contributed by atoms with Crippen molar-refractivity contribution in [3.8, 4) is 5.69 Å². The molecule has 0 N–H and O–H groups in total. The number of aromatic nitrogens is 3. The predicted molar refractivity (Wildman–Crippen MR) is 102 cm³/mol. The van der Waals surface area contributed by atoms with Gasteiger partial charge in [-0.05, 0) is 12.1 Å². The van der Waals surface area contributed by atoms with Crippen molar-refractivity contribution in [1.82, 2.24) is 14.8 Å². The van der Waals surface area contributed by atoms with Crippen LogP contribution < -0.4 is 4.90 Å². The molecule has 5 nitrogen and oxygen atoms in total. The zero-order valence-corrected chi connectivity index (χ0v) is 16.5. The number of anilines is 1. The molecule has 11 heteroatoms. The zero-order chi connectivity index (χ0) is 19.9. The van der Waals surface area contributed by atoms with Crippen molar-refractivity contribution in [1.29, 1.82) is 0 Å². The van der Waals surface area contributed by atoms with Crippen LogP contribution in [0.25, 0.3) is 5.69 Å². The second-order valence-corrected chi connectivity index (χ2v) is 7.38. The van der Waals surface area contributed by atoms with Crippen LogP contribution in [-0.4, -0.2) is 50.8 Å². The van der Waals surface area contributed by atoms with Gasteiger partial charge in [0.2, 0.25) is 5.91 Å². The number of rotatable bonds is 9. The van der Waals surface area contributed by atoms with Crippen molar-refractivity contribution in [3.05, 3.63) is 35.9 Å². The minimum atomic E-state index is -4.18. The largest absolute Gasteiger partial charge is 0.389 e. The van der Waals surface area contributed by atoms with Crippen LogP contribution in [0.2, 0.25) is 5.15 Å². The van der Waals surface area contributed by atoms with E-state index >= 15 is 0 Å². The summed E-state index contributed by atoms with van der Waals surface area (Å²) in [6.07, 6.45) is -0.168. The molecule has 0 unspecified atom stereocenters. The molecule has 0 aromatic carbocycles. The lowest BCUT2D eigenvalue weighted by Gasteiger charge is -2.20. The number of halogens is 5. The van der Waals surface area contributed by atoms with E-state index in [0.29, 0.717) is 11.4 Å². The summed E-state index contributed by atoms with van der Waals surface area (Å²) < 4.78 is 37.9. The third-order valence-electron chi connectivity index (χ3n) is 3.45. The van der Waals surface area contributed by atoms with Crippen LogP contribution in [0.5, 0.6) is 0 Å². The van der Waals surface area contributed by atoms with Crippen molar-refractivity contribution in [2.24, 2.45) is 0 Å². The van der Waals surface area contributed by atoms with Crippen LogP contribution >= 0.6 is 35.0 Å². The fraction of sp³-hybridized carbons (Fsp3) is 0.438. The molecule has 0 aliphatic heterocycles. The minimum absolute atomic E-state index is 0.0772. The maximum absolute atomic E-state index is 12.5. The molecule has 0 saturated heterocycles. The van der Waals surface area contributed by atoms with E-state index in [1.807, 2.05) is 0 Å². The zero-order valence-electron chi connectivity index (χ0n) is 14.1. The Labute approximate surface area is 168 Å². The molecule has 27 heavy (non-hydrogen) atoms. The maximum Gasteiger partial charge on any atom is 0.389 e. The molecule has 0 atom stereocenters. The topological polar surface area (TPSA) is 51.0 Å². The number of carbonyl (C=O) groups is 1. The summed E-state index contributed by atoms with van der Waals surface area (Å²) in [6.45, 7) is 0.214. The summed E-state index contributed by atoms with van der Waals surface area (Å²) in [7, 11) is 0. The maximum atomic E-state index is 12.5. The number of pyridine rings is 1. The molecule has 0 aliphatic rings. The molecule has 2 aromatic heterocycles. The Hall–Kier alpha value is -1.45. The summed E-state index contributed by atoms with van der Waals surface area (Å²) in [5.41, 5.74) is 1.07. The molecule has 2 aromatic rings. The van der Waals surface area contributed by atoms with E-state index in [1.165, 1.54) is 9.58 Å². The molecule has 0 fully saturated rings. The first-order valence-electron chi connectivity index (χ1n) is 7.98. The summed E-state index contributed by atoms with van der Waals surface area (Å²) in [5.74, 6) is 0.109. The van der Waals surface area contributed by atoms with Crippen molar-refractivity contribution >= 4 is 46.6 Å². The standard InChI is InChI=1S/C16H17Cl2F3N4OS/c17-5-7-24(14(26)3-8-27-9-4-16(19,20)21)13-11-25(23-15(13)18)12-2-1-6-22-10-12/h1-2,6,10-11H,3-5,7-9H2. The van der Waals surface area contributed by atoms with E-state index in [4.69, 9.17) is 23.2 Å². The second kappa shape index (κ2) is 10.2. The lowest BCUT2D eigenvalue weighted by molar-refractivity contribution is -0.129. The van der Waals surface area contributed by atoms with E-state index < -0.39 is 12.6 Å². The Balaban J connectivity index is 2.02. The highest BCUT2D eigenvalue weighted by molar-refractivity contribution is 7.99. The molecule has 0 aliphatic carbocycles. The van der Waals surface area contributed by atoms with Gasteiger partial charge in [0.05, 0.1) is 24.5 Å². The SMILES string of the molecule is O=C(CCSCCC(F)(F)F)N(CCCl)c1cn(-c2cccnc2)nc1Cl. The van der Waals surface area contributed by atoms with Crippen LogP contribution in [0.3, 0.4) is 0 Å². The van der Waals surface area contributed by atoms with Crippen LogP contribution in [0, 0.1) is 0 Å². The van der Waals surface area contributed by atoms with E-state index in [-0.39, 0.29) is 41.4 Å². The van der Waals surface area contributed by atoms with Crippen molar-refractivity contribution in [2.75, 3.05) is 28.8 Å². The number of amides is 1. The first-order valence-corrected chi connectivity index (χ1v) is 10.0. The van der Waals surface area contributed by atoms with E-state index in [0.717, 1.165) is 11.8 Å². The van der Waals surface area contributed by atoms with Crippen molar-refractivity contribution in [3.63, 3.8) is 0 Å². The van der Waals surface area contributed by atoms with Gasteiger partial charge in [0.25, 0.3) is 0 Å². The molecular weight excluding hydrogens is 424 g/mol. The predicted octanol–water partition coefficient (Wildman–Crippen LogP) is 4.57. The molecule has 1 amide bonds. The fourth-order valence-corrected chi connectivity index (χ4v) is 3.49.